The number of hydrogen-bond donors (Lipinski definition) is 2. The minimum atomic E-state index is -0.0450. The van der Waals surface area contributed by atoms with Crippen molar-refractivity contribution in [3.8, 4) is 11.8 Å². The maximum atomic E-state index is 11.9. The van der Waals surface area contributed by atoms with Gasteiger partial charge in [-0.2, -0.15) is 0 Å². The highest BCUT2D eigenvalue weighted by atomic mass is 32.1. The Morgan fingerprint density at radius 2 is 2.17 bits per heavy atom. The zero-order valence-corrected chi connectivity index (χ0v) is 11.8. The minimum absolute atomic E-state index is 0.0450. The van der Waals surface area contributed by atoms with E-state index in [-0.39, 0.29) is 18.6 Å². The van der Waals surface area contributed by atoms with E-state index in [1.807, 2.05) is 13.0 Å². The van der Waals surface area contributed by atoms with Crippen molar-refractivity contribution in [2.24, 2.45) is 5.92 Å². The summed E-state index contributed by atoms with van der Waals surface area (Å²) in [5.74, 6) is 6.14. The minimum Gasteiger partial charge on any atom is -0.395 e. The molecule has 1 aromatic heterocycles. The normalized spacial score (nSPS) is 11.8. The van der Waals surface area contributed by atoms with E-state index in [0.29, 0.717) is 17.2 Å². The van der Waals surface area contributed by atoms with Gasteiger partial charge in [0.25, 0.3) is 5.91 Å². The van der Waals surface area contributed by atoms with Gasteiger partial charge in [-0.05, 0) is 25.0 Å². The van der Waals surface area contributed by atoms with Gasteiger partial charge in [0.1, 0.15) is 0 Å². The number of aliphatic hydroxyl groups is 1. The summed E-state index contributed by atoms with van der Waals surface area (Å²) in [5, 5.41) is 11.6. The van der Waals surface area contributed by atoms with Gasteiger partial charge in [0.05, 0.1) is 16.4 Å². The molecule has 1 amide bonds. The average Bonchev–Trinajstić information content (AvgIpc) is 2.78. The van der Waals surface area contributed by atoms with E-state index in [0.717, 1.165) is 4.88 Å². The molecule has 0 aliphatic carbocycles. The first-order valence-electron chi connectivity index (χ1n) is 6.05. The van der Waals surface area contributed by atoms with Gasteiger partial charge in [-0.1, -0.05) is 25.7 Å². The number of aliphatic hydroxyl groups excluding tert-OH is 1. The number of nitrogens with one attached hydrogen (secondary N) is 1. The Balaban J connectivity index is 2.63. The van der Waals surface area contributed by atoms with Crippen molar-refractivity contribution in [1.29, 1.82) is 0 Å². The molecule has 0 saturated carbocycles. The van der Waals surface area contributed by atoms with Crippen LogP contribution in [0.25, 0.3) is 0 Å². The summed E-state index contributed by atoms with van der Waals surface area (Å²) in [5.41, 5.74) is 0. The van der Waals surface area contributed by atoms with E-state index >= 15 is 0 Å². The molecule has 0 aromatic carbocycles. The van der Waals surface area contributed by atoms with Crippen LogP contribution in [-0.2, 0) is 0 Å². The first-order chi connectivity index (χ1) is 8.54. The molecule has 0 aliphatic heterocycles. The molecule has 0 aliphatic rings. The number of rotatable bonds is 4. The molecule has 3 nitrogen and oxygen atoms in total. The van der Waals surface area contributed by atoms with E-state index in [9.17, 15) is 4.79 Å². The molecule has 0 saturated heterocycles. The second kappa shape index (κ2) is 7.20. The molecule has 1 aromatic rings. The molecule has 1 heterocycles. The monoisotopic (exact) mass is 265 g/mol. The van der Waals surface area contributed by atoms with Crippen LogP contribution >= 0.6 is 11.3 Å². The van der Waals surface area contributed by atoms with Gasteiger partial charge in [0.15, 0.2) is 0 Å². The van der Waals surface area contributed by atoms with Crippen LogP contribution in [0.5, 0.6) is 0 Å². The quantitative estimate of drug-likeness (QED) is 0.820. The summed E-state index contributed by atoms with van der Waals surface area (Å²) in [6.45, 7) is 6.21. The van der Waals surface area contributed by atoms with Crippen LogP contribution in [0.4, 0.5) is 0 Å². The molecule has 0 bridgehead atoms. The predicted molar refractivity (Wildman–Crippen MR) is 74.7 cm³/mol. The van der Waals surface area contributed by atoms with E-state index in [1.165, 1.54) is 11.3 Å². The van der Waals surface area contributed by atoms with Gasteiger partial charge in [0.2, 0.25) is 0 Å². The van der Waals surface area contributed by atoms with Crippen molar-refractivity contribution in [2.75, 3.05) is 6.61 Å². The molecule has 4 heteroatoms. The summed E-state index contributed by atoms with van der Waals surface area (Å²) >= 11 is 1.38. The molecular weight excluding hydrogens is 246 g/mol. The van der Waals surface area contributed by atoms with Gasteiger partial charge in [-0.3, -0.25) is 4.79 Å². The lowest BCUT2D eigenvalue weighted by molar-refractivity contribution is 0.0934. The smallest absolute Gasteiger partial charge is 0.261 e. The van der Waals surface area contributed by atoms with Crippen molar-refractivity contribution in [3.05, 3.63) is 21.9 Å². The molecule has 1 atom stereocenters. The third kappa shape index (κ3) is 4.52. The second-order valence-electron chi connectivity index (χ2n) is 4.45. The Morgan fingerprint density at radius 3 is 2.78 bits per heavy atom. The molecular formula is C14H19NO2S. The third-order valence-electron chi connectivity index (χ3n) is 2.64. The Bertz CT molecular complexity index is 454. The first-order valence-corrected chi connectivity index (χ1v) is 6.86. The Morgan fingerprint density at radius 1 is 1.44 bits per heavy atom. The largest absolute Gasteiger partial charge is 0.395 e. The first kappa shape index (κ1) is 14.7. The van der Waals surface area contributed by atoms with Crippen molar-refractivity contribution in [3.63, 3.8) is 0 Å². The molecule has 1 rings (SSSR count). The predicted octanol–water partition coefficient (Wildman–Crippen LogP) is 2.26. The van der Waals surface area contributed by atoms with Gasteiger partial charge in [0, 0.05) is 12.5 Å². The average molecular weight is 265 g/mol. The zero-order valence-electron chi connectivity index (χ0n) is 11.0. The van der Waals surface area contributed by atoms with Crippen LogP contribution in [0, 0.1) is 17.8 Å². The second-order valence-corrected chi connectivity index (χ2v) is 5.53. The van der Waals surface area contributed by atoms with Crippen molar-refractivity contribution >= 4 is 17.2 Å². The van der Waals surface area contributed by atoms with Crippen molar-refractivity contribution in [2.45, 2.75) is 33.2 Å². The van der Waals surface area contributed by atoms with Gasteiger partial charge >= 0.3 is 0 Å². The van der Waals surface area contributed by atoms with E-state index in [2.05, 4.69) is 31.0 Å². The van der Waals surface area contributed by atoms with E-state index in [4.69, 9.17) is 5.11 Å². The van der Waals surface area contributed by atoms with Crippen LogP contribution in [0.1, 0.15) is 41.7 Å². The maximum absolute atomic E-state index is 11.9. The Kier molecular flexibility index (Phi) is 5.90. The lowest BCUT2D eigenvalue weighted by atomic mass is 10.1. The maximum Gasteiger partial charge on any atom is 0.261 e. The van der Waals surface area contributed by atoms with Crippen LogP contribution in [0.3, 0.4) is 0 Å². The molecule has 18 heavy (non-hydrogen) atoms. The molecule has 0 radical (unpaired) electrons. The topological polar surface area (TPSA) is 49.3 Å². The zero-order chi connectivity index (χ0) is 13.5. The molecule has 2 N–H and O–H groups in total. The number of thiophene rings is 1. The highest BCUT2D eigenvalue weighted by molar-refractivity contribution is 7.14. The van der Waals surface area contributed by atoms with Crippen LogP contribution in [-0.4, -0.2) is 23.7 Å². The summed E-state index contributed by atoms with van der Waals surface area (Å²) in [7, 11) is 0. The van der Waals surface area contributed by atoms with Crippen molar-refractivity contribution < 1.29 is 9.90 Å². The number of hydrogen-bond acceptors (Lipinski definition) is 3. The van der Waals surface area contributed by atoms with Crippen LogP contribution in [0.15, 0.2) is 12.1 Å². The fourth-order valence-corrected chi connectivity index (χ4v) is 1.96. The standard InChI is InChI=1S/C14H19NO2S/c1-10(2)11(3)15-14(17)13-8-7-12(18-13)6-4-5-9-16/h7-8,10-11,16H,5,9H2,1-3H3,(H,15,17). The Labute approximate surface area is 112 Å². The van der Waals surface area contributed by atoms with Crippen LogP contribution < -0.4 is 5.32 Å². The van der Waals surface area contributed by atoms with Gasteiger partial charge in [-0.25, -0.2) is 0 Å². The summed E-state index contributed by atoms with van der Waals surface area (Å²) < 4.78 is 0. The lowest BCUT2D eigenvalue weighted by Gasteiger charge is -2.16. The van der Waals surface area contributed by atoms with Gasteiger partial charge in [-0.15, -0.1) is 11.3 Å². The molecule has 98 valence electrons. The highest BCUT2D eigenvalue weighted by Crippen LogP contribution is 2.16. The lowest BCUT2D eigenvalue weighted by Crippen LogP contribution is -2.35. The molecule has 1 unspecified atom stereocenters. The summed E-state index contributed by atoms with van der Waals surface area (Å²) in [4.78, 5) is 13.4. The SMILES string of the molecule is CC(C)C(C)NC(=O)c1ccc(C#CCCO)s1. The molecule has 0 spiro atoms. The van der Waals surface area contributed by atoms with Crippen LogP contribution in [0.2, 0.25) is 0 Å². The number of carbonyl (C=O) groups excluding carboxylic acids is 1. The Hall–Kier alpha value is -1.31. The fraction of sp³-hybridized carbons (Fsp3) is 0.500. The fourth-order valence-electron chi connectivity index (χ4n) is 1.18. The van der Waals surface area contributed by atoms with Crippen molar-refractivity contribution in [1.82, 2.24) is 5.32 Å². The van der Waals surface area contributed by atoms with E-state index in [1.54, 1.807) is 6.07 Å². The summed E-state index contributed by atoms with van der Waals surface area (Å²) in [6.07, 6.45) is 0.462. The highest BCUT2D eigenvalue weighted by Gasteiger charge is 2.13. The number of carbonyl (C=O) groups is 1. The summed E-state index contributed by atoms with van der Waals surface area (Å²) in [6, 6.07) is 3.78. The van der Waals surface area contributed by atoms with Gasteiger partial charge < -0.3 is 10.4 Å². The number of amides is 1. The third-order valence-corrected chi connectivity index (χ3v) is 3.64. The van der Waals surface area contributed by atoms with E-state index < -0.39 is 0 Å². The molecule has 0 fully saturated rings.